The molecule has 0 fully saturated rings. The van der Waals surface area contributed by atoms with Crippen molar-refractivity contribution in [3.8, 4) is 0 Å². The largest absolute Gasteiger partial charge is 0.390 e. The normalized spacial score (nSPS) is 15.1. The number of benzene rings is 1. The molecule has 1 rings (SSSR count). The monoisotopic (exact) mass is 240 g/mol. The Balaban J connectivity index is 2.70. The highest BCUT2D eigenvalue weighted by Gasteiger charge is 2.14. The van der Waals surface area contributed by atoms with Gasteiger partial charge in [0.1, 0.15) is 0 Å². The highest BCUT2D eigenvalue weighted by atomic mass is 32.2. The van der Waals surface area contributed by atoms with Crippen molar-refractivity contribution in [2.75, 3.05) is 6.54 Å². The van der Waals surface area contributed by atoms with Gasteiger partial charge in [0.05, 0.1) is 12.1 Å². The summed E-state index contributed by atoms with van der Waals surface area (Å²) >= 11 is 1.80. The molecule has 0 aromatic heterocycles. The van der Waals surface area contributed by atoms with Gasteiger partial charge in [0, 0.05) is 16.7 Å². The van der Waals surface area contributed by atoms with E-state index in [1.807, 2.05) is 24.3 Å². The first kappa shape index (κ1) is 13.5. The molecule has 90 valence electrons. The molecule has 0 heterocycles. The zero-order valence-corrected chi connectivity index (χ0v) is 10.6. The van der Waals surface area contributed by atoms with Gasteiger partial charge in [0.15, 0.2) is 0 Å². The number of nitrogens with two attached hydrogens (primary N) is 2. The van der Waals surface area contributed by atoms with Gasteiger partial charge in [-0.1, -0.05) is 26.0 Å². The van der Waals surface area contributed by atoms with Crippen LogP contribution in [0.25, 0.3) is 0 Å². The molecule has 0 radical (unpaired) electrons. The van der Waals surface area contributed by atoms with Gasteiger partial charge in [-0.2, -0.15) is 0 Å². The number of hydrogen-bond donors (Lipinski definition) is 3. The van der Waals surface area contributed by atoms with Gasteiger partial charge in [-0.15, -0.1) is 11.8 Å². The number of hydrogen-bond acceptors (Lipinski definition) is 4. The molecule has 16 heavy (non-hydrogen) atoms. The Hall–Kier alpha value is -0.550. The highest BCUT2D eigenvalue weighted by Crippen LogP contribution is 2.24. The molecule has 0 saturated carbocycles. The second kappa shape index (κ2) is 6.25. The summed E-state index contributed by atoms with van der Waals surface area (Å²) in [4.78, 5) is 1.22. The van der Waals surface area contributed by atoms with Crippen LogP contribution in [-0.4, -0.2) is 23.0 Å². The fourth-order valence-electron chi connectivity index (χ4n) is 1.41. The minimum Gasteiger partial charge on any atom is -0.390 e. The molecule has 0 bridgehead atoms. The first-order valence-electron chi connectivity index (χ1n) is 5.45. The van der Waals surface area contributed by atoms with Crippen molar-refractivity contribution in [1.82, 2.24) is 0 Å². The summed E-state index contributed by atoms with van der Waals surface area (Å²) in [5, 5.41) is 10.1. The molecule has 1 aromatic carbocycles. The third kappa shape index (κ3) is 3.79. The van der Waals surface area contributed by atoms with Crippen molar-refractivity contribution in [2.45, 2.75) is 36.1 Å². The van der Waals surface area contributed by atoms with Crippen LogP contribution < -0.4 is 11.5 Å². The van der Waals surface area contributed by atoms with Gasteiger partial charge in [0.25, 0.3) is 0 Å². The van der Waals surface area contributed by atoms with Crippen LogP contribution in [0, 0.1) is 0 Å². The standard InChI is InChI=1S/C12H20N2OS/c1-8(2)16-10-5-3-9(4-6-10)12(14)11(15)7-13/h3-6,8,11-12,15H,7,13-14H2,1-2H3. The Morgan fingerprint density at radius 1 is 1.25 bits per heavy atom. The van der Waals surface area contributed by atoms with E-state index in [-0.39, 0.29) is 6.54 Å². The second-order valence-corrected chi connectivity index (χ2v) is 5.71. The van der Waals surface area contributed by atoms with Crippen molar-refractivity contribution in [2.24, 2.45) is 11.5 Å². The van der Waals surface area contributed by atoms with Crippen molar-refractivity contribution >= 4 is 11.8 Å². The van der Waals surface area contributed by atoms with E-state index in [4.69, 9.17) is 11.5 Å². The Morgan fingerprint density at radius 3 is 2.25 bits per heavy atom. The zero-order valence-electron chi connectivity index (χ0n) is 9.76. The molecule has 0 aliphatic carbocycles. The van der Waals surface area contributed by atoms with E-state index in [1.165, 1.54) is 4.90 Å². The van der Waals surface area contributed by atoms with Gasteiger partial charge < -0.3 is 16.6 Å². The summed E-state index contributed by atoms with van der Waals surface area (Å²) in [6.07, 6.45) is -0.677. The van der Waals surface area contributed by atoms with Crippen LogP contribution in [0.3, 0.4) is 0 Å². The number of aliphatic hydroxyl groups excluding tert-OH is 1. The summed E-state index contributed by atoms with van der Waals surface area (Å²) in [5.74, 6) is 0. The van der Waals surface area contributed by atoms with E-state index >= 15 is 0 Å². The quantitative estimate of drug-likeness (QED) is 0.682. The molecule has 0 saturated heterocycles. The van der Waals surface area contributed by atoms with Crippen molar-refractivity contribution in [3.63, 3.8) is 0 Å². The summed E-state index contributed by atoms with van der Waals surface area (Å²) < 4.78 is 0. The highest BCUT2D eigenvalue weighted by molar-refractivity contribution is 7.99. The third-order valence-electron chi connectivity index (χ3n) is 2.29. The van der Waals surface area contributed by atoms with Gasteiger partial charge in [-0.05, 0) is 17.7 Å². The van der Waals surface area contributed by atoms with Crippen LogP contribution in [0.15, 0.2) is 29.2 Å². The molecular weight excluding hydrogens is 220 g/mol. The van der Waals surface area contributed by atoms with E-state index in [0.29, 0.717) is 5.25 Å². The van der Waals surface area contributed by atoms with Crippen LogP contribution in [-0.2, 0) is 0 Å². The van der Waals surface area contributed by atoms with Crippen LogP contribution in [0.4, 0.5) is 0 Å². The van der Waals surface area contributed by atoms with Crippen LogP contribution >= 0.6 is 11.8 Å². The molecule has 0 amide bonds. The first-order valence-corrected chi connectivity index (χ1v) is 6.33. The van der Waals surface area contributed by atoms with Crippen LogP contribution in [0.1, 0.15) is 25.5 Å². The fourth-order valence-corrected chi connectivity index (χ4v) is 2.25. The molecule has 2 atom stereocenters. The lowest BCUT2D eigenvalue weighted by Gasteiger charge is -2.17. The lowest BCUT2D eigenvalue weighted by molar-refractivity contribution is 0.153. The molecule has 0 aliphatic rings. The maximum atomic E-state index is 9.54. The van der Waals surface area contributed by atoms with Gasteiger partial charge in [-0.25, -0.2) is 0 Å². The lowest BCUT2D eigenvalue weighted by Crippen LogP contribution is -2.32. The van der Waals surface area contributed by atoms with Gasteiger partial charge >= 0.3 is 0 Å². The molecule has 4 heteroatoms. The molecule has 1 aromatic rings. The van der Waals surface area contributed by atoms with E-state index in [0.717, 1.165) is 5.56 Å². The number of thioether (sulfide) groups is 1. The Kier molecular flexibility index (Phi) is 5.28. The third-order valence-corrected chi connectivity index (χ3v) is 3.31. The summed E-state index contributed by atoms with van der Waals surface area (Å²) in [6, 6.07) is 7.57. The Labute approximate surface area is 101 Å². The molecule has 0 spiro atoms. The minimum absolute atomic E-state index is 0.184. The lowest BCUT2D eigenvalue weighted by atomic mass is 10.0. The number of rotatable bonds is 5. The predicted octanol–water partition coefficient (Wildman–Crippen LogP) is 1.51. The first-order chi connectivity index (χ1) is 7.54. The second-order valence-electron chi connectivity index (χ2n) is 4.06. The van der Waals surface area contributed by atoms with E-state index in [1.54, 1.807) is 11.8 Å². The average Bonchev–Trinajstić information content (AvgIpc) is 2.27. The molecule has 0 aliphatic heterocycles. The van der Waals surface area contributed by atoms with Crippen molar-refractivity contribution < 1.29 is 5.11 Å². The SMILES string of the molecule is CC(C)Sc1ccc(C(N)C(O)CN)cc1. The maximum absolute atomic E-state index is 9.54. The summed E-state index contributed by atoms with van der Waals surface area (Å²) in [6.45, 7) is 4.49. The smallest absolute Gasteiger partial charge is 0.0854 e. The Bertz CT molecular complexity index is 313. The van der Waals surface area contributed by atoms with E-state index in [2.05, 4.69) is 13.8 Å². The van der Waals surface area contributed by atoms with Crippen LogP contribution in [0.5, 0.6) is 0 Å². The molecule has 5 N–H and O–H groups in total. The Morgan fingerprint density at radius 2 is 1.81 bits per heavy atom. The molecular formula is C12H20N2OS. The van der Waals surface area contributed by atoms with Crippen molar-refractivity contribution in [3.05, 3.63) is 29.8 Å². The fraction of sp³-hybridized carbons (Fsp3) is 0.500. The van der Waals surface area contributed by atoms with Crippen molar-refractivity contribution in [1.29, 1.82) is 0 Å². The minimum atomic E-state index is -0.677. The predicted molar refractivity (Wildman–Crippen MR) is 69.4 cm³/mol. The van der Waals surface area contributed by atoms with Crippen LogP contribution in [0.2, 0.25) is 0 Å². The number of aliphatic hydroxyl groups is 1. The topological polar surface area (TPSA) is 72.3 Å². The summed E-state index contributed by atoms with van der Waals surface area (Å²) in [7, 11) is 0. The molecule has 3 nitrogen and oxygen atoms in total. The molecule has 2 unspecified atom stereocenters. The summed E-state index contributed by atoms with van der Waals surface area (Å²) in [5.41, 5.74) is 12.2. The van der Waals surface area contributed by atoms with Gasteiger partial charge in [-0.3, -0.25) is 0 Å². The zero-order chi connectivity index (χ0) is 12.1. The van der Waals surface area contributed by atoms with E-state index < -0.39 is 12.1 Å². The average molecular weight is 240 g/mol. The maximum Gasteiger partial charge on any atom is 0.0854 e. The van der Waals surface area contributed by atoms with Gasteiger partial charge in [0.2, 0.25) is 0 Å². The van der Waals surface area contributed by atoms with E-state index in [9.17, 15) is 5.11 Å².